The molecule has 0 N–H and O–H groups in total. The van der Waals surface area contributed by atoms with Crippen molar-refractivity contribution in [2.45, 2.75) is 0 Å². The van der Waals surface area contributed by atoms with Gasteiger partial charge in [-0.3, -0.25) is 0 Å². The molecule has 3 nitrogen and oxygen atoms in total. The van der Waals surface area contributed by atoms with Crippen LogP contribution in [0.1, 0.15) is 0 Å². The van der Waals surface area contributed by atoms with Crippen molar-refractivity contribution >= 4 is 65.4 Å². The first kappa shape index (κ1) is 31.7. The summed E-state index contributed by atoms with van der Waals surface area (Å²) in [5, 5.41) is 7.44. The highest BCUT2D eigenvalue weighted by Gasteiger charge is 2.22. The fraction of sp³-hybridized carbons (Fsp3) is 0. The fourth-order valence-corrected chi connectivity index (χ4v) is 9.34. The van der Waals surface area contributed by atoms with E-state index < -0.39 is 0 Å². The van der Waals surface area contributed by atoms with Crippen molar-refractivity contribution in [3.05, 3.63) is 212 Å². The molecule has 9 aromatic carbocycles. The third kappa shape index (κ3) is 4.79. The second kappa shape index (κ2) is 12.5. The molecule has 57 heavy (non-hydrogen) atoms. The van der Waals surface area contributed by atoms with Crippen LogP contribution >= 0.6 is 0 Å². The Hall–Kier alpha value is -7.62. The Labute approximate surface area is 329 Å². The van der Waals surface area contributed by atoms with Gasteiger partial charge in [0, 0.05) is 43.7 Å². The molecule has 0 radical (unpaired) electrons. The first-order chi connectivity index (χ1) is 28.3. The molecule has 0 aliphatic carbocycles. The molecular weight excluding hydrogens is 691 g/mol. The van der Waals surface area contributed by atoms with Crippen LogP contribution < -0.4 is 0 Å². The smallest absolute Gasteiger partial charge is 0.0782 e. The molecular formula is C54H35N3. The summed E-state index contributed by atoms with van der Waals surface area (Å²) in [6.07, 6.45) is 0. The molecule has 0 aliphatic heterocycles. The van der Waals surface area contributed by atoms with Crippen molar-refractivity contribution in [1.29, 1.82) is 0 Å². The van der Waals surface area contributed by atoms with Crippen molar-refractivity contribution in [2.75, 3.05) is 0 Å². The molecule has 12 rings (SSSR count). The first-order valence-electron chi connectivity index (χ1n) is 19.6. The summed E-state index contributed by atoms with van der Waals surface area (Å²) in [5.41, 5.74) is 15.3. The van der Waals surface area contributed by atoms with Crippen molar-refractivity contribution in [3.8, 4) is 39.3 Å². The van der Waals surface area contributed by atoms with Gasteiger partial charge < -0.3 is 13.7 Å². The van der Waals surface area contributed by atoms with Gasteiger partial charge >= 0.3 is 0 Å². The molecule has 3 aromatic heterocycles. The predicted molar refractivity (Wildman–Crippen MR) is 240 cm³/mol. The third-order valence-electron chi connectivity index (χ3n) is 11.8. The Morgan fingerprint density at radius 1 is 0.228 bits per heavy atom. The molecule has 12 aromatic rings. The van der Waals surface area contributed by atoms with Crippen LogP contribution in [-0.4, -0.2) is 13.7 Å². The summed E-state index contributed by atoms with van der Waals surface area (Å²) in [6, 6.07) is 77.5. The second-order valence-corrected chi connectivity index (χ2v) is 15.0. The highest BCUT2D eigenvalue weighted by atomic mass is 15.1. The molecule has 0 saturated carbocycles. The summed E-state index contributed by atoms with van der Waals surface area (Å²) in [5.74, 6) is 0. The highest BCUT2D eigenvalue weighted by Crippen LogP contribution is 2.42. The number of benzene rings is 9. The van der Waals surface area contributed by atoms with Crippen LogP contribution in [0.15, 0.2) is 212 Å². The van der Waals surface area contributed by atoms with Gasteiger partial charge in [-0.25, -0.2) is 0 Å². The molecule has 0 aliphatic rings. The molecule has 266 valence electrons. The van der Waals surface area contributed by atoms with Gasteiger partial charge in [0.15, 0.2) is 0 Å². The maximum absolute atomic E-state index is 2.49. The van der Waals surface area contributed by atoms with E-state index in [-0.39, 0.29) is 0 Å². The van der Waals surface area contributed by atoms with Gasteiger partial charge in [0.1, 0.15) is 0 Å². The van der Waals surface area contributed by atoms with Gasteiger partial charge in [-0.15, -0.1) is 0 Å². The second-order valence-electron chi connectivity index (χ2n) is 15.0. The zero-order valence-electron chi connectivity index (χ0n) is 31.0. The Kier molecular flexibility index (Phi) is 6.93. The number of rotatable bonds is 5. The minimum atomic E-state index is 1.13. The van der Waals surface area contributed by atoms with Crippen LogP contribution in [0, 0.1) is 0 Å². The highest BCUT2D eigenvalue weighted by molar-refractivity contribution is 6.16. The molecule has 0 atom stereocenters. The van der Waals surface area contributed by atoms with Gasteiger partial charge in [-0.2, -0.15) is 0 Å². The Balaban J connectivity index is 1.16. The van der Waals surface area contributed by atoms with E-state index in [0.717, 1.165) is 17.1 Å². The maximum Gasteiger partial charge on any atom is 0.0782 e. The van der Waals surface area contributed by atoms with Gasteiger partial charge in [0.05, 0.1) is 38.8 Å². The van der Waals surface area contributed by atoms with Crippen molar-refractivity contribution in [3.63, 3.8) is 0 Å². The summed E-state index contributed by atoms with van der Waals surface area (Å²) in [7, 11) is 0. The average Bonchev–Trinajstić information content (AvgIpc) is 3.93. The number of para-hydroxylation sites is 5. The summed E-state index contributed by atoms with van der Waals surface area (Å²) in [6.45, 7) is 0. The maximum atomic E-state index is 2.49. The van der Waals surface area contributed by atoms with Gasteiger partial charge in [-0.1, -0.05) is 146 Å². The van der Waals surface area contributed by atoms with Crippen molar-refractivity contribution < 1.29 is 0 Å². The lowest BCUT2D eigenvalue weighted by atomic mass is 9.98. The van der Waals surface area contributed by atoms with E-state index in [4.69, 9.17) is 0 Å². The van der Waals surface area contributed by atoms with Crippen LogP contribution in [0.3, 0.4) is 0 Å². The number of fused-ring (bicyclic) bond motifs is 9. The molecule has 0 amide bonds. The fourth-order valence-electron chi connectivity index (χ4n) is 9.34. The molecule has 0 bridgehead atoms. The number of hydrogen-bond acceptors (Lipinski definition) is 0. The van der Waals surface area contributed by atoms with Crippen LogP contribution in [0.5, 0.6) is 0 Å². The average molecular weight is 726 g/mol. The van der Waals surface area contributed by atoms with E-state index in [1.807, 2.05) is 0 Å². The van der Waals surface area contributed by atoms with Crippen LogP contribution in [0.4, 0.5) is 0 Å². The molecule has 0 fully saturated rings. The van der Waals surface area contributed by atoms with E-state index in [1.54, 1.807) is 0 Å². The lowest BCUT2D eigenvalue weighted by Crippen LogP contribution is -2.01. The van der Waals surface area contributed by atoms with E-state index in [9.17, 15) is 0 Å². The molecule has 3 heterocycles. The monoisotopic (exact) mass is 725 g/mol. The molecule has 0 spiro atoms. The number of aromatic nitrogens is 3. The SMILES string of the molecule is c1ccc(-c2cc(-c3ccccc3)cc(-n3c4ccccc4c4cccc(-n5c6ccccc6c6cc(-n7c8ccccc8c8ccccc87)ccc65)c43)c2)cc1. The lowest BCUT2D eigenvalue weighted by molar-refractivity contribution is 1.13. The van der Waals surface area contributed by atoms with E-state index in [1.165, 1.54) is 87.7 Å². The Bertz CT molecular complexity index is 3400. The minimum absolute atomic E-state index is 1.13. The lowest BCUT2D eigenvalue weighted by Gasteiger charge is -2.17. The first-order valence-corrected chi connectivity index (χ1v) is 19.6. The molecule has 0 unspecified atom stereocenters. The molecule has 0 saturated heterocycles. The summed E-state index contributed by atoms with van der Waals surface area (Å²) in [4.78, 5) is 0. The Morgan fingerprint density at radius 3 is 1.25 bits per heavy atom. The number of nitrogens with zero attached hydrogens (tertiary/aromatic N) is 3. The minimum Gasteiger partial charge on any atom is -0.309 e. The molecule has 3 heteroatoms. The summed E-state index contributed by atoms with van der Waals surface area (Å²) < 4.78 is 7.39. The van der Waals surface area contributed by atoms with Gasteiger partial charge in [-0.05, 0) is 89.0 Å². The van der Waals surface area contributed by atoms with Crippen LogP contribution in [0.2, 0.25) is 0 Å². The largest absolute Gasteiger partial charge is 0.309 e. The van der Waals surface area contributed by atoms with Gasteiger partial charge in [0.2, 0.25) is 0 Å². The van der Waals surface area contributed by atoms with Crippen molar-refractivity contribution in [1.82, 2.24) is 13.7 Å². The van der Waals surface area contributed by atoms with E-state index in [0.29, 0.717) is 0 Å². The van der Waals surface area contributed by atoms with Crippen molar-refractivity contribution in [2.24, 2.45) is 0 Å². The Morgan fingerprint density at radius 2 is 0.667 bits per heavy atom. The van der Waals surface area contributed by atoms with E-state index in [2.05, 4.69) is 226 Å². The predicted octanol–water partition coefficient (Wildman–Crippen LogP) is 14.3. The van der Waals surface area contributed by atoms with Crippen LogP contribution in [-0.2, 0) is 0 Å². The quantitative estimate of drug-likeness (QED) is 0.168. The van der Waals surface area contributed by atoms with Crippen LogP contribution in [0.25, 0.3) is 105 Å². The third-order valence-corrected chi connectivity index (χ3v) is 11.8. The van der Waals surface area contributed by atoms with E-state index >= 15 is 0 Å². The summed E-state index contributed by atoms with van der Waals surface area (Å²) >= 11 is 0. The number of hydrogen-bond donors (Lipinski definition) is 0. The zero-order chi connectivity index (χ0) is 37.5. The zero-order valence-corrected chi connectivity index (χ0v) is 31.0. The normalized spacial score (nSPS) is 11.9. The standard InChI is InChI=1S/C54H35N3/c1-3-16-36(17-4-1)38-32-39(37-18-5-2-6-19-37)34-41(33-38)56-50-27-13-9-22-44(50)46-24-15-29-53(54(46)56)57-51-28-14-10-23-45(51)47-35-40(30-31-52(47)57)55-48-25-11-7-20-42(48)43-21-8-12-26-49(43)55/h1-35H. The van der Waals surface area contributed by atoms with Gasteiger partial charge in [0.25, 0.3) is 0 Å². The topological polar surface area (TPSA) is 14.8 Å².